The fraction of sp³-hybridized carbons (Fsp3) is 0.179. The third-order valence-electron chi connectivity index (χ3n) is 5.47. The van der Waals surface area contributed by atoms with Gasteiger partial charge in [-0.2, -0.15) is 0 Å². The van der Waals surface area contributed by atoms with E-state index in [0.717, 1.165) is 11.1 Å². The van der Waals surface area contributed by atoms with Crippen LogP contribution >= 0.6 is 27.7 Å². The van der Waals surface area contributed by atoms with E-state index in [9.17, 15) is 9.59 Å². The Bertz CT molecular complexity index is 1370. The van der Waals surface area contributed by atoms with E-state index in [1.807, 2.05) is 49.4 Å². The van der Waals surface area contributed by atoms with E-state index in [4.69, 9.17) is 14.2 Å². The number of benzene rings is 3. The first-order valence-corrected chi connectivity index (χ1v) is 13.1. The lowest BCUT2D eigenvalue weighted by Crippen LogP contribution is -2.28. The fourth-order valence-electron chi connectivity index (χ4n) is 3.65. The molecule has 1 saturated heterocycles. The molecule has 3 aromatic rings. The molecule has 0 N–H and O–H groups in total. The van der Waals surface area contributed by atoms with Crippen molar-refractivity contribution in [2.24, 2.45) is 4.99 Å². The first-order chi connectivity index (χ1) is 17.9. The molecule has 1 amide bonds. The van der Waals surface area contributed by atoms with Crippen molar-refractivity contribution >= 4 is 56.5 Å². The summed E-state index contributed by atoms with van der Waals surface area (Å²) in [6, 6.07) is 20.4. The predicted molar refractivity (Wildman–Crippen MR) is 149 cm³/mol. The Morgan fingerprint density at radius 2 is 1.86 bits per heavy atom. The molecule has 0 unspecified atom stereocenters. The predicted octanol–water partition coefficient (Wildman–Crippen LogP) is 6.45. The second-order valence-corrected chi connectivity index (χ2v) is 9.77. The van der Waals surface area contributed by atoms with Crippen LogP contribution in [0.2, 0.25) is 0 Å². The summed E-state index contributed by atoms with van der Waals surface area (Å²) in [7, 11) is 2.91. The highest BCUT2D eigenvalue weighted by Crippen LogP contribution is 2.40. The Labute approximate surface area is 228 Å². The molecule has 1 aliphatic rings. The van der Waals surface area contributed by atoms with Crippen molar-refractivity contribution in [1.29, 1.82) is 0 Å². The van der Waals surface area contributed by atoms with Gasteiger partial charge >= 0.3 is 5.97 Å². The normalized spacial score (nSPS) is 15.4. The molecule has 7 nitrogen and oxygen atoms in total. The van der Waals surface area contributed by atoms with Gasteiger partial charge in [-0.25, -0.2) is 9.79 Å². The SMILES string of the molecule is CCN1C(=O)C(=Cc2cc(Br)c(OCc3ccccc3)c(OC)c2)SC1=Nc1cccc(C(=O)OC)c1. The topological polar surface area (TPSA) is 77.4 Å². The van der Waals surface area contributed by atoms with E-state index >= 15 is 0 Å². The zero-order chi connectivity index (χ0) is 26.4. The van der Waals surface area contributed by atoms with Gasteiger partial charge in [-0.3, -0.25) is 9.69 Å². The average molecular weight is 581 g/mol. The maximum Gasteiger partial charge on any atom is 0.337 e. The molecule has 1 fully saturated rings. The number of amides is 1. The largest absolute Gasteiger partial charge is 0.493 e. The van der Waals surface area contributed by atoms with Crippen molar-refractivity contribution in [1.82, 2.24) is 4.90 Å². The van der Waals surface area contributed by atoms with Gasteiger partial charge in [-0.1, -0.05) is 36.4 Å². The monoisotopic (exact) mass is 580 g/mol. The fourth-order valence-corrected chi connectivity index (χ4v) is 5.28. The summed E-state index contributed by atoms with van der Waals surface area (Å²) < 4.78 is 17.1. The van der Waals surface area contributed by atoms with Gasteiger partial charge in [0.2, 0.25) is 0 Å². The Morgan fingerprint density at radius 3 is 2.57 bits per heavy atom. The van der Waals surface area contributed by atoms with Gasteiger partial charge in [0.05, 0.1) is 34.8 Å². The first-order valence-electron chi connectivity index (χ1n) is 11.5. The molecular weight excluding hydrogens is 556 g/mol. The minimum absolute atomic E-state index is 0.144. The number of aliphatic imine (C=N–C) groups is 1. The average Bonchev–Trinajstić information content (AvgIpc) is 3.21. The molecule has 4 rings (SSSR count). The maximum absolute atomic E-state index is 13.1. The Balaban J connectivity index is 1.60. The number of nitrogens with zero attached hydrogens (tertiary/aromatic N) is 2. The Hall–Kier alpha value is -3.56. The molecule has 0 bridgehead atoms. The molecule has 37 heavy (non-hydrogen) atoms. The van der Waals surface area contributed by atoms with Crippen molar-refractivity contribution in [3.05, 3.63) is 92.8 Å². The number of hydrogen-bond acceptors (Lipinski definition) is 7. The van der Waals surface area contributed by atoms with Gasteiger partial charge < -0.3 is 14.2 Å². The van der Waals surface area contributed by atoms with Crippen LogP contribution in [0.4, 0.5) is 5.69 Å². The first kappa shape index (κ1) is 26.5. The minimum atomic E-state index is -0.444. The number of ether oxygens (including phenoxy) is 3. The zero-order valence-electron chi connectivity index (χ0n) is 20.6. The lowest BCUT2D eigenvalue weighted by atomic mass is 10.1. The van der Waals surface area contributed by atoms with E-state index in [1.165, 1.54) is 18.9 Å². The van der Waals surface area contributed by atoms with Gasteiger partial charge in [-0.05, 0) is 82.2 Å². The summed E-state index contributed by atoms with van der Waals surface area (Å²) in [6.45, 7) is 2.74. The molecule has 9 heteroatoms. The maximum atomic E-state index is 13.1. The number of likely N-dealkylation sites (N-methyl/N-ethyl adjacent to an activating group) is 1. The molecule has 190 valence electrons. The molecule has 0 atom stereocenters. The summed E-state index contributed by atoms with van der Waals surface area (Å²) in [5.74, 6) is 0.547. The molecule has 0 spiro atoms. The lowest BCUT2D eigenvalue weighted by Gasteiger charge is -2.14. The summed E-state index contributed by atoms with van der Waals surface area (Å²) >= 11 is 4.86. The highest BCUT2D eigenvalue weighted by Gasteiger charge is 2.32. The number of esters is 1. The van der Waals surface area contributed by atoms with E-state index in [2.05, 4.69) is 20.9 Å². The molecule has 1 aliphatic heterocycles. The van der Waals surface area contributed by atoms with Crippen molar-refractivity contribution in [3.63, 3.8) is 0 Å². The number of amidine groups is 1. The van der Waals surface area contributed by atoms with Gasteiger partial charge in [0, 0.05) is 6.54 Å². The van der Waals surface area contributed by atoms with Gasteiger partial charge in [-0.15, -0.1) is 0 Å². The van der Waals surface area contributed by atoms with E-state index in [1.54, 1.807) is 42.4 Å². The van der Waals surface area contributed by atoms with Gasteiger partial charge in [0.25, 0.3) is 5.91 Å². The molecule has 0 aliphatic carbocycles. The van der Waals surface area contributed by atoms with Crippen LogP contribution < -0.4 is 9.47 Å². The van der Waals surface area contributed by atoms with Crippen LogP contribution in [0.15, 0.2) is 81.1 Å². The summed E-state index contributed by atoms with van der Waals surface area (Å²) in [5.41, 5.74) is 2.77. The molecule has 0 aromatic heterocycles. The van der Waals surface area contributed by atoms with E-state index in [0.29, 0.717) is 50.4 Å². The Morgan fingerprint density at radius 1 is 1.08 bits per heavy atom. The summed E-state index contributed by atoms with van der Waals surface area (Å²) in [5, 5.41) is 0.537. The Kier molecular flexibility index (Phi) is 8.68. The number of carbonyl (C=O) groups excluding carboxylic acids is 2. The molecule has 3 aromatic carbocycles. The zero-order valence-corrected chi connectivity index (χ0v) is 23.0. The number of halogens is 1. The van der Waals surface area contributed by atoms with Crippen LogP contribution in [-0.4, -0.2) is 42.7 Å². The minimum Gasteiger partial charge on any atom is -0.493 e. The van der Waals surface area contributed by atoms with Crippen molar-refractivity contribution < 1.29 is 23.8 Å². The second kappa shape index (κ2) is 12.1. The molecule has 0 radical (unpaired) electrons. The van der Waals surface area contributed by atoms with Crippen LogP contribution in [0.5, 0.6) is 11.5 Å². The smallest absolute Gasteiger partial charge is 0.337 e. The van der Waals surface area contributed by atoms with E-state index in [-0.39, 0.29) is 5.91 Å². The van der Waals surface area contributed by atoms with Crippen molar-refractivity contribution in [3.8, 4) is 11.5 Å². The van der Waals surface area contributed by atoms with E-state index < -0.39 is 5.97 Å². The number of hydrogen-bond donors (Lipinski definition) is 0. The van der Waals surface area contributed by atoms with Crippen LogP contribution in [0.1, 0.15) is 28.4 Å². The van der Waals surface area contributed by atoms with Crippen LogP contribution in [-0.2, 0) is 16.1 Å². The summed E-state index contributed by atoms with van der Waals surface area (Å²) in [4.78, 5) is 31.8. The number of thioether (sulfide) groups is 1. The number of carbonyl (C=O) groups is 2. The quantitative estimate of drug-likeness (QED) is 0.225. The van der Waals surface area contributed by atoms with Gasteiger partial charge in [0.1, 0.15) is 6.61 Å². The number of rotatable bonds is 8. The third kappa shape index (κ3) is 6.23. The summed E-state index contributed by atoms with van der Waals surface area (Å²) in [6.07, 6.45) is 1.80. The standard InChI is InChI=1S/C28H25BrN2O5S/c1-4-31-26(32)24(37-28(31)30-21-12-8-11-20(16-21)27(33)35-3)15-19-13-22(29)25(23(14-19)34-2)36-17-18-9-6-5-7-10-18/h5-16H,4,17H2,1-3H3. The lowest BCUT2D eigenvalue weighted by molar-refractivity contribution is -0.122. The van der Waals surface area contributed by atoms with Crippen molar-refractivity contribution in [2.75, 3.05) is 20.8 Å². The molecule has 1 heterocycles. The van der Waals surface area contributed by atoms with Gasteiger partial charge in [0.15, 0.2) is 16.7 Å². The third-order valence-corrected chi connectivity index (χ3v) is 7.07. The van der Waals surface area contributed by atoms with Crippen molar-refractivity contribution in [2.45, 2.75) is 13.5 Å². The molecule has 0 saturated carbocycles. The van der Waals surface area contributed by atoms with Crippen LogP contribution in [0.3, 0.4) is 0 Å². The molecular formula is C28H25BrN2O5S. The number of methoxy groups -OCH3 is 2. The second-order valence-electron chi connectivity index (χ2n) is 7.90. The highest BCUT2D eigenvalue weighted by molar-refractivity contribution is 9.10. The highest BCUT2D eigenvalue weighted by atomic mass is 79.9. The van der Waals surface area contributed by atoms with Crippen LogP contribution in [0, 0.1) is 0 Å². The van der Waals surface area contributed by atoms with Crippen LogP contribution in [0.25, 0.3) is 6.08 Å².